The van der Waals surface area contributed by atoms with Crippen molar-refractivity contribution in [1.29, 1.82) is 5.26 Å². The van der Waals surface area contributed by atoms with Crippen molar-refractivity contribution in [3.63, 3.8) is 0 Å². The van der Waals surface area contributed by atoms with Crippen LogP contribution >= 0.6 is 0 Å². The number of carbonyl (C=O) groups excluding carboxylic acids is 1. The molecular formula is C11H19NO2. The van der Waals surface area contributed by atoms with Crippen LogP contribution in [0.1, 0.15) is 46.5 Å². The van der Waals surface area contributed by atoms with Crippen LogP contribution in [0, 0.1) is 16.7 Å². The van der Waals surface area contributed by atoms with Crippen LogP contribution in [0.15, 0.2) is 0 Å². The van der Waals surface area contributed by atoms with Crippen molar-refractivity contribution in [1.82, 2.24) is 0 Å². The van der Waals surface area contributed by atoms with Crippen molar-refractivity contribution in [2.75, 3.05) is 6.61 Å². The lowest BCUT2D eigenvalue weighted by Gasteiger charge is -2.21. The highest BCUT2D eigenvalue weighted by Gasteiger charge is 2.37. The van der Waals surface area contributed by atoms with Crippen molar-refractivity contribution < 1.29 is 9.53 Å². The first kappa shape index (κ1) is 13.0. The molecule has 0 rings (SSSR count). The minimum atomic E-state index is -0.913. The number of esters is 1. The molecular weight excluding hydrogens is 178 g/mol. The molecule has 0 radical (unpaired) electrons. The summed E-state index contributed by atoms with van der Waals surface area (Å²) in [7, 11) is 0. The van der Waals surface area contributed by atoms with Gasteiger partial charge < -0.3 is 4.74 Å². The Hall–Kier alpha value is -1.04. The van der Waals surface area contributed by atoms with Crippen molar-refractivity contribution >= 4 is 5.97 Å². The van der Waals surface area contributed by atoms with Crippen molar-refractivity contribution in [3.05, 3.63) is 0 Å². The van der Waals surface area contributed by atoms with E-state index >= 15 is 0 Å². The Bertz CT molecular complexity index is 220. The molecule has 0 aliphatic carbocycles. The summed E-state index contributed by atoms with van der Waals surface area (Å²) >= 11 is 0. The number of ether oxygens (including phenoxy) is 1. The summed E-state index contributed by atoms with van der Waals surface area (Å²) in [6.07, 6.45) is 2.73. The molecule has 3 heteroatoms. The number of rotatable bonds is 6. The molecule has 0 aromatic rings. The Morgan fingerprint density at radius 1 is 1.36 bits per heavy atom. The number of hydrogen-bond acceptors (Lipinski definition) is 3. The molecule has 1 unspecified atom stereocenters. The van der Waals surface area contributed by atoms with Crippen LogP contribution in [0.4, 0.5) is 0 Å². The van der Waals surface area contributed by atoms with E-state index in [4.69, 9.17) is 10.00 Å². The van der Waals surface area contributed by atoms with E-state index in [-0.39, 0.29) is 5.97 Å². The highest BCUT2D eigenvalue weighted by Crippen LogP contribution is 2.28. The van der Waals surface area contributed by atoms with Gasteiger partial charge in [-0.25, -0.2) is 0 Å². The third kappa shape index (κ3) is 3.02. The molecule has 0 amide bonds. The molecule has 0 aromatic carbocycles. The van der Waals surface area contributed by atoms with Gasteiger partial charge in [0.1, 0.15) is 0 Å². The van der Waals surface area contributed by atoms with Gasteiger partial charge in [0.15, 0.2) is 5.41 Å². The zero-order valence-electron chi connectivity index (χ0n) is 9.30. The molecule has 0 aromatic heterocycles. The molecule has 0 N–H and O–H groups in total. The van der Waals surface area contributed by atoms with Gasteiger partial charge in [0.2, 0.25) is 0 Å². The molecule has 3 nitrogen and oxygen atoms in total. The lowest BCUT2D eigenvalue weighted by molar-refractivity contribution is -0.153. The zero-order valence-corrected chi connectivity index (χ0v) is 9.30. The third-order valence-electron chi connectivity index (χ3n) is 2.32. The Morgan fingerprint density at radius 2 is 2.00 bits per heavy atom. The zero-order chi connectivity index (χ0) is 11.0. The fourth-order valence-electron chi connectivity index (χ4n) is 1.36. The predicted molar refractivity (Wildman–Crippen MR) is 54.5 cm³/mol. The monoisotopic (exact) mass is 197 g/mol. The Kier molecular flexibility index (Phi) is 5.94. The van der Waals surface area contributed by atoms with Crippen LogP contribution in [0.2, 0.25) is 0 Å². The molecule has 0 fully saturated rings. The fraction of sp³-hybridized carbons (Fsp3) is 0.818. The average Bonchev–Trinajstić information content (AvgIpc) is 2.22. The van der Waals surface area contributed by atoms with Crippen LogP contribution in [-0.4, -0.2) is 12.6 Å². The summed E-state index contributed by atoms with van der Waals surface area (Å²) < 4.78 is 5.03. The third-order valence-corrected chi connectivity index (χ3v) is 2.32. The van der Waals surface area contributed by atoms with Crippen LogP contribution in [-0.2, 0) is 9.53 Å². The smallest absolute Gasteiger partial charge is 0.326 e. The standard InChI is InChI=1S/C11H19NO2/c1-4-7-11(6-3,9-12)10(13)14-8-5-2/h4-8H2,1-3H3. The largest absolute Gasteiger partial charge is 0.465 e. The van der Waals surface area contributed by atoms with Gasteiger partial charge in [0.05, 0.1) is 12.7 Å². The van der Waals surface area contributed by atoms with Crippen molar-refractivity contribution in [3.8, 4) is 6.07 Å². The van der Waals surface area contributed by atoms with E-state index in [1.807, 2.05) is 20.8 Å². The second-order valence-electron chi connectivity index (χ2n) is 3.43. The number of nitrogens with zero attached hydrogens (tertiary/aromatic N) is 1. The SMILES string of the molecule is CCCOC(=O)C(C#N)(CC)CCC. The summed E-state index contributed by atoms with van der Waals surface area (Å²) in [5.74, 6) is -0.355. The number of carbonyl (C=O) groups is 1. The first-order valence-electron chi connectivity index (χ1n) is 5.25. The second kappa shape index (κ2) is 6.42. The Labute approximate surface area is 86.1 Å². The maximum atomic E-state index is 11.6. The molecule has 0 aliphatic rings. The average molecular weight is 197 g/mol. The topological polar surface area (TPSA) is 50.1 Å². The molecule has 0 bridgehead atoms. The Balaban J connectivity index is 4.47. The lowest BCUT2D eigenvalue weighted by Crippen LogP contribution is -2.31. The maximum Gasteiger partial charge on any atom is 0.326 e. The summed E-state index contributed by atoms with van der Waals surface area (Å²) in [6.45, 7) is 6.17. The summed E-state index contributed by atoms with van der Waals surface area (Å²) in [6, 6.07) is 2.10. The molecule has 0 saturated heterocycles. The highest BCUT2D eigenvalue weighted by atomic mass is 16.5. The molecule has 1 atom stereocenters. The quantitative estimate of drug-likeness (QED) is 0.615. The minimum absolute atomic E-state index is 0.355. The van der Waals surface area contributed by atoms with E-state index in [0.717, 1.165) is 12.8 Å². The highest BCUT2D eigenvalue weighted by molar-refractivity contribution is 5.79. The summed E-state index contributed by atoms with van der Waals surface area (Å²) in [5.41, 5.74) is -0.913. The van der Waals surface area contributed by atoms with Crippen molar-refractivity contribution in [2.45, 2.75) is 46.5 Å². The fourth-order valence-corrected chi connectivity index (χ4v) is 1.36. The molecule has 80 valence electrons. The van der Waals surface area contributed by atoms with Gasteiger partial charge in [-0.2, -0.15) is 5.26 Å². The first-order chi connectivity index (χ1) is 6.66. The van der Waals surface area contributed by atoms with E-state index in [1.165, 1.54) is 0 Å². The van der Waals surface area contributed by atoms with E-state index in [1.54, 1.807) is 0 Å². The van der Waals surface area contributed by atoms with Gasteiger partial charge in [0.25, 0.3) is 0 Å². The van der Waals surface area contributed by atoms with Gasteiger partial charge in [0, 0.05) is 0 Å². The first-order valence-corrected chi connectivity index (χ1v) is 5.25. The maximum absolute atomic E-state index is 11.6. The van der Waals surface area contributed by atoms with E-state index in [0.29, 0.717) is 19.4 Å². The van der Waals surface area contributed by atoms with Crippen LogP contribution in [0.3, 0.4) is 0 Å². The van der Waals surface area contributed by atoms with Crippen LogP contribution in [0.5, 0.6) is 0 Å². The molecule has 0 aliphatic heterocycles. The minimum Gasteiger partial charge on any atom is -0.465 e. The molecule has 14 heavy (non-hydrogen) atoms. The van der Waals surface area contributed by atoms with Gasteiger partial charge >= 0.3 is 5.97 Å². The Morgan fingerprint density at radius 3 is 2.36 bits per heavy atom. The summed E-state index contributed by atoms with van der Waals surface area (Å²) in [5, 5.41) is 9.03. The van der Waals surface area contributed by atoms with Gasteiger partial charge in [-0.15, -0.1) is 0 Å². The van der Waals surface area contributed by atoms with Gasteiger partial charge in [-0.1, -0.05) is 27.2 Å². The van der Waals surface area contributed by atoms with Gasteiger partial charge in [-0.05, 0) is 19.3 Å². The normalized spacial score (nSPS) is 14.1. The molecule has 0 saturated carbocycles. The summed E-state index contributed by atoms with van der Waals surface area (Å²) in [4.78, 5) is 11.6. The number of nitriles is 1. The van der Waals surface area contributed by atoms with E-state index in [9.17, 15) is 4.79 Å². The predicted octanol–water partition coefficient (Wildman–Crippen LogP) is 2.66. The van der Waals surface area contributed by atoms with E-state index < -0.39 is 5.41 Å². The molecule has 0 heterocycles. The van der Waals surface area contributed by atoms with Crippen LogP contribution in [0.25, 0.3) is 0 Å². The van der Waals surface area contributed by atoms with E-state index in [2.05, 4.69) is 6.07 Å². The van der Waals surface area contributed by atoms with Gasteiger partial charge in [-0.3, -0.25) is 4.79 Å². The van der Waals surface area contributed by atoms with Crippen molar-refractivity contribution in [2.24, 2.45) is 5.41 Å². The van der Waals surface area contributed by atoms with Crippen LogP contribution < -0.4 is 0 Å². The lowest BCUT2D eigenvalue weighted by atomic mass is 9.82. The molecule has 0 spiro atoms. The second-order valence-corrected chi connectivity index (χ2v) is 3.43. The number of hydrogen-bond donors (Lipinski definition) is 0.